The number of hydrogen-bond acceptors (Lipinski definition) is 7. The quantitative estimate of drug-likeness (QED) is 0.500. The number of rotatable bonds is 6. The zero-order valence-electron chi connectivity index (χ0n) is 14.5. The highest BCUT2D eigenvalue weighted by molar-refractivity contribution is 7.93. The highest BCUT2D eigenvalue weighted by Crippen LogP contribution is 2.20. The summed E-state index contributed by atoms with van der Waals surface area (Å²) in [7, 11) is -3.69. The van der Waals surface area contributed by atoms with E-state index in [9.17, 15) is 13.2 Å². The van der Waals surface area contributed by atoms with Crippen molar-refractivity contribution in [3.8, 4) is 0 Å². The van der Waals surface area contributed by atoms with Crippen LogP contribution in [0.4, 0.5) is 10.8 Å². The Labute approximate surface area is 164 Å². The number of para-hydroxylation sites is 1. The van der Waals surface area contributed by atoms with Gasteiger partial charge >= 0.3 is 0 Å². The van der Waals surface area contributed by atoms with Crippen LogP contribution >= 0.6 is 11.3 Å². The molecule has 0 fully saturated rings. The van der Waals surface area contributed by atoms with Crippen molar-refractivity contribution >= 4 is 43.1 Å². The van der Waals surface area contributed by atoms with Gasteiger partial charge in [0.1, 0.15) is 5.58 Å². The van der Waals surface area contributed by atoms with Gasteiger partial charge in [-0.1, -0.05) is 12.1 Å². The molecule has 0 aliphatic rings. The first-order valence-electron chi connectivity index (χ1n) is 8.28. The topological polar surface area (TPSA) is 101 Å². The molecule has 0 aliphatic carbocycles. The van der Waals surface area contributed by atoms with Crippen molar-refractivity contribution in [1.82, 2.24) is 4.98 Å². The third-order valence-electron chi connectivity index (χ3n) is 4.05. The Morgan fingerprint density at radius 1 is 1.07 bits per heavy atom. The molecule has 0 spiro atoms. The number of nitrogens with one attached hydrogen (secondary N) is 2. The molecule has 0 unspecified atom stereocenters. The summed E-state index contributed by atoms with van der Waals surface area (Å²) in [6.45, 7) is 0.261. The third kappa shape index (κ3) is 3.75. The molecule has 0 saturated carbocycles. The number of benzene rings is 2. The van der Waals surface area contributed by atoms with E-state index >= 15 is 0 Å². The van der Waals surface area contributed by atoms with Gasteiger partial charge < -0.3 is 9.73 Å². The van der Waals surface area contributed by atoms with Crippen molar-refractivity contribution in [3.05, 3.63) is 82.2 Å². The summed E-state index contributed by atoms with van der Waals surface area (Å²) < 4.78 is 32.6. The molecule has 0 atom stereocenters. The van der Waals surface area contributed by atoms with Gasteiger partial charge in [-0.05, 0) is 36.4 Å². The number of fused-ring (bicyclic) bond motifs is 1. The molecule has 2 aromatic carbocycles. The van der Waals surface area contributed by atoms with E-state index in [1.807, 2.05) is 6.07 Å². The van der Waals surface area contributed by atoms with E-state index in [2.05, 4.69) is 15.0 Å². The van der Waals surface area contributed by atoms with Crippen molar-refractivity contribution in [2.45, 2.75) is 11.4 Å². The molecule has 2 N–H and O–H groups in total. The van der Waals surface area contributed by atoms with Crippen LogP contribution in [-0.2, 0) is 16.6 Å². The Morgan fingerprint density at radius 2 is 1.86 bits per heavy atom. The summed E-state index contributed by atoms with van der Waals surface area (Å²) in [5.74, 6) is 0. The average molecular weight is 413 g/mol. The Morgan fingerprint density at radius 3 is 2.61 bits per heavy atom. The van der Waals surface area contributed by atoms with Crippen LogP contribution in [0.2, 0.25) is 0 Å². The van der Waals surface area contributed by atoms with E-state index < -0.39 is 10.0 Å². The van der Waals surface area contributed by atoms with Crippen LogP contribution < -0.4 is 15.5 Å². The van der Waals surface area contributed by atoms with Crippen LogP contribution in [0, 0.1) is 0 Å². The minimum Gasteiger partial charge on any atom is -0.464 e. The van der Waals surface area contributed by atoms with Crippen molar-refractivity contribution in [3.63, 3.8) is 0 Å². The van der Waals surface area contributed by atoms with E-state index in [4.69, 9.17) is 4.42 Å². The van der Waals surface area contributed by atoms with Crippen molar-refractivity contribution in [2.24, 2.45) is 0 Å². The number of anilines is 2. The molecule has 0 amide bonds. The van der Waals surface area contributed by atoms with Crippen molar-refractivity contribution in [1.29, 1.82) is 0 Å². The maximum atomic E-state index is 12.5. The third-order valence-corrected chi connectivity index (χ3v) is 6.23. The molecule has 0 aliphatic heterocycles. The minimum absolute atomic E-state index is 0.0961. The van der Waals surface area contributed by atoms with E-state index in [-0.39, 0.29) is 16.9 Å². The molecule has 0 saturated heterocycles. The molecule has 0 radical (unpaired) electrons. The van der Waals surface area contributed by atoms with Gasteiger partial charge in [0.25, 0.3) is 10.0 Å². The molecule has 0 bridgehead atoms. The summed E-state index contributed by atoms with van der Waals surface area (Å²) in [4.78, 5) is 16.5. The first-order chi connectivity index (χ1) is 13.5. The molecular weight excluding hydrogens is 398 g/mol. The standard InChI is InChI=1S/C19H15N3O4S2/c23-18-13(12-26-17-4-2-1-3-16(17)18)11-21-14-5-7-15(8-6-14)28(24,25)22-19-20-9-10-27-19/h1-10,12,21H,11H2,(H,20,22). The van der Waals surface area contributed by atoms with Gasteiger partial charge in [0.2, 0.25) is 0 Å². The molecule has 4 aromatic rings. The summed E-state index contributed by atoms with van der Waals surface area (Å²) in [5, 5.41) is 5.63. The van der Waals surface area contributed by atoms with Crippen molar-refractivity contribution < 1.29 is 12.8 Å². The van der Waals surface area contributed by atoms with Gasteiger partial charge in [-0.15, -0.1) is 11.3 Å². The first kappa shape index (κ1) is 18.2. The van der Waals surface area contributed by atoms with Gasteiger partial charge in [-0.3, -0.25) is 9.52 Å². The fourth-order valence-corrected chi connectivity index (χ4v) is 4.43. The highest BCUT2D eigenvalue weighted by Gasteiger charge is 2.15. The maximum absolute atomic E-state index is 12.5. The monoisotopic (exact) mass is 413 g/mol. The lowest BCUT2D eigenvalue weighted by atomic mass is 10.1. The Kier molecular flexibility index (Phi) is 4.84. The number of sulfonamides is 1. The molecule has 2 aromatic heterocycles. The van der Waals surface area contributed by atoms with Gasteiger partial charge in [-0.25, -0.2) is 13.4 Å². The van der Waals surface area contributed by atoms with Crippen LogP contribution in [0.1, 0.15) is 5.56 Å². The smallest absolute Gasteiger partial charge is 0.263 e. The zero-order chi connectivity index (χ0) is 19.6. The fourth-order valence-electron chi connectivity index (χ4n) is 2.64. The second-order valence-electron chi connectivity index (χ2n) is 5.91. The Hall–Kier alpha value is -3.17. The molecule has 7 nitrogen and oxygen atoms in total. The average Bonchev–Trinajstić information content (AvgIpc) is 3.20. The lowest BCUT2D eigenvalue weighted by Gasteiger charge is -2.09. The Balaban J connectivity index is 1.48. The number of thiazole rings is 1. The number of nitrogens with zero attached hydrogens (tertiary/aromatic N) is 1. The lowest BCUT2D eigenvalue weighted by Crippen LogP contribution is -2.14. The normalized spacial score (nSPS) is 11.4. The van der Waals surface area contributed by atoms with Crippen LogP contribution in [-0.4, -0.2) is 13.4 Å². The van der Waals surface area contributed by atoms with Gasteiger partial charge in [0.05, 0.1) is 22.1 Å². The van der Waals surface area contributed by atoms with E-state index in [0.29, 0.717) is 27.4 Å². The molecule has 142 valence electrons. The Bertz CT molecular complexity index is 1260. The molecule has 2 heterocycles. The van der Waals surface area contributed by atoms with Crippen LogP contribution in [0.3, 0.4) is 0 Å². The summed E-state index contributed by atoms with van der Waals surface area (Å²) in [6.07, 6.45) is 2.97. The molecular formula is C19H15N3O4S2. The predicted molar refractivity (Wildman–Crippen MR) is 109 cm³/mol. The van der Waals surface area contributed by atoms with E-state index in [1.165, 1.54) is 35.9 Å². The summed E-state index contributed by atoms with van der Waals surface area (Å²) in [6, 6.07) is 13.3. The summed E-state index contributed by atoms with van der Waals surface area (Å²) in [5.41, 5.74) is 1.61. The van der Waals surface area contributed by atoms with E-state index in [1.54, 1.807) is 35.7 Å². The fraction of sp³-hybridized carbons (Fsp3) is 0.0526. The minimum atomic E-state index is -3.69. The van der Waals surface area contributed by atoms with Crippen LogP contribution in [0.25, 0.3) is 11.0 Å². The second-order valence-corrected chi connectivity index (χ2v) is 8.48. The lowest BCUT2D eigenvalue weighted by molar-refractivity contribution is 0.594. The number of aromatic nitrogens is 1. The van der Waals surface area contributed by atoms with Gasteiger partial charge in [0.15, 0.2) is 10.6 Å². The highest BCUT2D eigenvalue weighted by atomic mass is 32.2. The largest absolute Gasteiger partial charge is 0.464 e. The van der Waals surface area contributed by atoms with Gasteiger partial charge in [-0.2, -0.15) is 0 Å². The van der Waals surface area contributed by atoms with Gasteiger partial charge in [0, 0.05) is 23.8 Å². The molecule has 28 heavy (non-hydrogen) atoms. The second kappa shape index (κ2) is 7.45. The SMILES string of the molecule is O=c1c(CNc2ccc(S(=O)(=O)Nc3nccs3)cc2)coc2ccccc12. The van der Waals surface area contributed by atoms with Crippen molar-refractivity contribution in [2.75, 3.05) is 10.0 Å². The zero-order valence-corrected chi connectivity index (χ0v) is 16.1. The van der Waals surface area contributed by atoms with E-state index in [0.717, 1.165) is 0 Å². The first-order valence-corrected chi connectivity index (χ1v) is 10.6. The maximum Gasteiger partial charge on any atom is 0.263 e. The number of hydrogen-bond donors (Lipinski definition) is 2. The van der Waals surface area contributed by atoms with Crippen LogP contribution in [0.15, 0.2) is 80.5 Å². The predicted octanol–water partition coefficient (Wildman–Crippen LogP) is 3.66. The summed E-state index contributed by atoms with van der Waals surface area (Å²) >= 11 is 1.20. The molecule has 9 heteroatoms. The van der Waals surface area contributed by atoms with Crippen LogP contribution in [0.5, 0.6) is 0 Å². The molecule has 4 rings (SSSR count).